The number of alkyl halides is 3. The second kappa shape index (κ2) is 15.4. The minimum Gasteiger partial charge on any atom is -0.452 e. The van der Waals surface area contributed by atoms with Crippen LogP contribution in [0, 0.1) is 20.8 Å². The van der Waals surface area contributed by atoms with Gasteiger partial charge < -0.3 is 18.6 Å². The SMILES string of the molecule is Cc1c2nc3ccccc3oc-2c(-c2ccc(N3CCN(c4c5nc6ccccc6oc-5c(-c5ccc(C6CCN(CC(F)(F)F)CC6)cc5)c(=O)c4C)CC3)cc2)c(=O)c1C. The van der Waals surface area contributed by atoms with Crippen molar-refractivity contribution in [3.63, 3.8) is 0 Å². The monoisotopic (exact) mass is 835 g/mol. The van der Waals surface area contributed by atoms with Crippen molar-refractivity contribution in [2.45, 2.75) is 45.7 Å². The van der Waals surface area contributed by atoms with E-state index in [4.69, 9.17) is 18.8 Å². The number of piperazine rings is 1. The van der Waals surface area contributed by atoms with Crippen LogP contribution in [0.1, 0.15) is 41.0 Å². The fourth-order valence-electron chi connectivity index (χ4n) is 9.44. The van der Waals surface area contributed by atoms with Gasteiger partial charge >= 0.3 is 6.18 Å². The maximum atomic E-state index is 14.5. The number of anilines is 2. The Bertz CT molecular complexity index is 3040. The van der Waals surface area contributed by atoms with Gasteiger partial charge in [-0.1, -0.05) is 60.7 Å². The van der Waals surface area contributed by atoms with Gasteiger partial charge in [-0.05, 0) is 111 Å². The Balaban J connectivity index is 0.925. The molecular weight excluding hydrogens is 792 g/mol. The van der Waals surface area contributed by atoms with E-state index in [2.05, 4.69) is 9.80 Å². The average molecular weight is 836 g/mol. The zero-order valence-electron chi connectivity index (χ0n) is 34.7. The molecule has 0 N–H and O–H groups in total. The summed E-state index contributed by atoms with van der Waals surface area (Å²) in [6.45, 7) is 8.13. The molecule has 0 bridgehead atoms. The van der Waals surface area contributed by atoms with E-state index in [1.54, 1.807) is 0 Å². The van der Waals surface area contributed by atoms with E-state index in [-0.39, 0.29) is 16.8 Å². The number of halogens is 3. The van der Waals surface area contributed by atoms with Crippen molar-refractivity contribution in [1.82, 2.24) is 14.9 Å². The number of hydrogen-bond donors (Lipinski definition) is 0. The molecule has 62 heavy (non-hydrogen) atoms. The number of hydrogen-bond acceptors (Lipinski definition) is 9. The molecule has 0 atom stereocenters. The van der Waals surface area contributed by atoms with Gasteiger partial charge in [0.1, 0.15) is 22.4 Å². The minimum atomic E-state index is -4.20. The molecule has 6 aliphatic rings. The molecule has 4 heterocycles. The fourth-order valence-corrected chi connectivity index (χ4v) is 9.44. The first kappa shape index (κ1) is 39.6. The Kier molecular flexibility index (Phi) is 9.85. The molecule has 2 aliphatic carbocycles. The Morgan fingerprint density at radius 1 is 0.597 bits per heavy atom. The second-order valence-corrected chi connectivity index (χ2v) is 16.7. The van der Waals surface area contributed by atoms with Crippen molar-refractivity contribution in [2.24, 2.45) is 0 Å². The molecule has 2 fully saturated rings. The van der Waals surface area contributed by atoms with Gasteiger partial charge in [-0.15, -0.1) is 0 Å². The average Bonchev–Trinajstić information content (AvgIpc) is 3.28. The third-order valence-electron chi connectivity index (χ3n) is 12.9. The number of nitrogens with zero attached hydrogens (tertiary/aromatic N) is 5. The fraction of sp³-hybridized carbons (Fsp3) is 0.280. The Labute approximate surface area is 355 Å². The second-order valence-electron chi connectivity index (χ2n) is 16.7. The molecule has 0 aromatic heterocycles. The number of rotatable bonds is 6. The zero-order chi connectivity index (χ0) is 42.9. The zero-order valence-corrected chi connectivity index (χ0v) is 34.7. The largest absolute Gasteiger partial charge is 0.452 e. The summed E-state index contributed by atoms with van der Waals surface area (Å²) in [5.74, 6) is 1.05. The number of likely N-dealkylation sites (tertiary alicyclic amines) is 1. The van der Waals surface area contributed by atoms with Crippen LogP contribution in [0.5, 0.6) is 0 Å². The van der Waals surface area contributed by atoms with Crippen LogP contribution in [0.15, 0.2) is 115 Å². The highest BCUT2D eigenvalue weighted by molar-refractivity contribution is 5.92. The molecule has 0 amide bonds. The molecule has 0 spiro atoms. The van der Waals surface area contributed by atoms with Gasteiger partial charge in [-0.25, -0.2) is 9.97 Å². The van der Waals surface area contributed by atoms with Crippen LogP contribution in [0.3, 0.4) is 0 Å². The van der Waals surface area contributed by atoms with E-state index < -0.39 is 12.7 Å². The van der Waals surface area contributed by atoms with Crippen molar-refractivity contribution in [2.75, 3.05) is 55.6 Å². The summed E-state index contributed by atoms with van der Waals surface area (Å²) in [5.41, 5.74) is 11.0. The van der Waals surface area contributed by atoms with Crippen LogP contribution >= 0.6 is 0 Å². The van der Waals surface area contributed by atoms with Crippen LogP contribution in [-0.2, 0) is 0 Å². The third kappa shape index (κ3) is 7.05. The van der Waals surface area contributed by atoms with Gasteiger partial charge in [-0.2, -0.15) is 13.2 Å². The molecule has 12 heteroatoms. The molecule has 4 aromatic carbocycles. The molecular formula is C50H44F3N5O4. The summed E-state index contributed by atoms with van der Waals surface area (Å²) in [6, 6.07) is 31.0. The summed E-state index contributed by atoms with van der Waals surface area (Å²) >= 11 is 0. The smallest absolute Gasteiger partial charge is 0.401 e. The molecule has 2 saturated heterocycles. The maximum Gasteiger partial charge on any atom is 0.401 e. The quantitative estimate of drug-likeness (QED) is 0.152. The highest BCUT2D eigenvalue weighted by atomic mass is 19.4. The summed E-state index contributed by atoms with van der Waals surface area (Å²) in [6.07, 6.45) is -2.92. The molecule has 9 nitrogen and oxygen atoms in total. The Hall–Kier alpha value is -6.53. The van der Waals surface area contributed by atoms with Crippen molar-refractivity contribution in [3.8, 4) is 45.2 Å². The van der Waals surface area contributed by atoms with Crippen molar-refractivity contribution in [3.05, 3.63) is 140 Å². The molecule has 10 rings (SSSR count). The summed E-state index contributed by atoms with van der Waals surface area (Å²) < 4.78 is 51.9. The van der Waals surface area contributed by atoms with Gasteiger partial charge in [0.2, 0.25) is 0 Å². The van der Waals surface area contributed by atoms with E-state index in [9.17, 15) is 22.8 Å². The predicted octanol–water partition coefficient (Wildman–Crippen LogP) is 10.2. The highest BCUT2D eigenvalue weighted by Crippen LogP contribution is 2.42. The molecule has 4 aliphatic heterocycles. The summed E-state index contributed by atoms with van der Waals surface area (Å²) in [4.78, 5) is 44.3. The van der Waals surface area contributed by atoms with E-state index in [1.165, 1.54) is 4.90 Å². The first-order valence-corrected chi connectivity index (χ1v) is 21.1. The Morgan fingerprint density at radius 2 is 1.10 bits per heavy atom. The number of piperidine rings is 1. The van der Waals surface area contributed by atoms with E-state index >= 15 is 0 Å². The van der Waals surface area contributed by atoms with Crippen LogP contribution in [0.4, 0.5) is 24.5 Å². The molecule has 314 valence electrons. The summed E-state index contributed by atoms with van der Waals surface area (Å²) in [7, 11) is 0. The number of aromatic nitrogens is 2. The molecule has 0 radical (unpaired) electrons. The van der Waals surface area contributed by atoms with Gasteiger partial charge in [0.05, 0.1) is 23.4 Å². The highest BCUT2D eigenvalue weighted by Gasteiger charge is 2.34. The maximum absolute atomic E-state index is 14.5. The van der Waals surface area contributed by atoms with Crippen molar-refractivity contribution in [1.29, 1.82) is 0 Å². The van der Waals surface area contributed by atoms with E-state index in [0.29, 0.717) is 120 Å². The topological polar surface area (TPSA) is 95.9 Å². The lowest BCUT2D eigenvalue weighted by Gasteiger charge is -2.38. The van der Waals surface area contributed by atoms with Crippen LogP contribution in [-0.4, -0.2) is 66.9 Å². The molecule has 0 unspecified atom stereocenters. The van der Waals surface area contributed by atoms with E-state index in [0.717, 1.165) is 33.6 Å². The van der Waals surface area contributed by atoms with Gasteiger partial charge in [0, 0.05) is 43.0 Å². The first-order valence-electron chi connectivity index (χ1n) is 21.1. The number of fused-ring (bicyclic) bond motifs is 4. The lowest BCUT2D eigenvalue weighted by atomic mass is 9.87. The third-order valence-corrected chi connectivity index (χ3v) is 12.9. The van der Waals surface area contributed by atoms with Crippen molar-refractivity contribution >= 4 is 33.6 Å². The minimum absolute atomic E-state index is 0.0738. The van der Waals surface area contributed by atoms with Crippen molar-refractivity contribution < 1.29 is 22.0 Å². The van der Waals surface area contributed by atoms with Gasteiger partial charge in [0.15, 0.2) is 33.5 Å². The predicted molar refractivity (Wildman–Crippen MR) is 238 cm³/mol. The first-order chi connectivity index (χ1) is 29.9. The molecule has 4 aromatic rings. The van der Waals surface area contributed by atoms with Crippen LogP contribution in [0.25, 0.3) is 67.4 Å². The van der Waals surface area contributed by atoms with Gasteiger partial charge in [0.25, 0.3) is 0 Å². The van der Waals surface area contributed by atoms with Crippen LogP contribution in [0.2, 0.25) is 0 Å². The number of benzene rings is 6. The Morgan fingerprint density at radius 3 is 1.68 bits per heavy atom. The standard InChI is InChI=1S/C50H44F3N5O4/c1-29-30(2)46(59)41(48-43(29)54-37-8-4-6-10-39(37)61-48)35-16-18-36(19-17-35)57-24-26-58(27-25-57)45-31(3)47(60)42(49-44(45)55-38-9-5-7-11-40(38)62-49)34-14-12-32(13-15-34)33-20-22-56(23-21-33)28-50(51,52)53/h4-19,33H,20-28H2,1-3H3. The van der Waals surface area contributed by atoms with Gasteiger partial charge in [-0.3, -0.25) is 14.5 Å². The van der Waals surface area contributed by atoms with Crippen LogP contribution < -0.4 is 20.7 Å². The molecule has 0 saturated carbocycles. The number of para-hydroxylation sites is 4. The summed E-state index contributed by atoms with van der Waals surface area (Å²) in [5, 5.41) is 0. The lowest BCUT2D eigenvalue weighted by Crippen LogP contribution is -2.47. The van der Waals surface area contributed by atoms with E-state index in [1.807, 2.05) is 118 Å². The lowest BCUT2D eigenvalue weighted by molar-refractivity contribution is -0.147. The normalized spacial score (nSPS) is 15.7.